The highest BCUT2D eigenvalue weighted by molar-refractivity contribution is 7.13. The normalized spacial score (nSPS) is 23.8. The highest BCUT2D eigenvalue weighted by Crippen LogP contribution is 2.42. The van der Waals surface area contributed by atoms with Crippen molar-refractivity contribution in [1.82, 2.24) is 4.90 Å². The van der Waals surface area contributed by atoms with Gasteiger partial charge in [0.05, 0.1) is 5.41 Å². The minimum Gasteiger partial charge on any atom is -0.369 e. The predicted molar refractivity (Wildman–Crippen MR) is 108 cm³/mol. The Morgan fingerprint density at radius 1 is 1.19 bits per heavy atom. The number of amides is 2. The van der Waals surface area contributed by atoms with Crippen molar-refractivity contribution in [3.63, 3.8) is 0 Å². The molecule has 2 unspecified atom stereocenters. The van der Waals surface area contributed by atoms with Crippen LogP contribution >= 0.6 is 11.3 Å². The van der Waals surface area contributed by atoms with E-state index in [-0.39, 0.29) is 17.7 Å². The van der Waals surface area contributed by atoms with E-state index >= 15 is 0 Å². The number of rotatable bonds is 5. The molecule has 0 bridgehead atoms. The van der Waals surface area contributed by atoms with E-state index in [4.69, 9.17) is 5.73 Å². The largest absolute Gasteiger partial charge is 0.369 e. The maximum Gasteiger partial charge on any atom is 0.225 e. The van der Waals surface area contributed by atoms with Gasteiger partial charge in [0, 0.05) is 23.9 Å². The van der Waals surface area contributed by atoms with Gasteiger partial charge in [-0.3, -0.25) is 9.59 Å². The number of piperidine rings is 1. The minimum absolute atomic E-state index is 0.200. The lowest BCUT2D eigenvalue weighted by Crippen LogP contribution is -2.50. The monoisotopic (exact) mass is 382 g/mol. The van der Waals surface area contributed by atoms with Crippen LogP contribution < -0.4 is 5.73 Å². The Balaban J connectivity index is 1.53. The summed E-state index contributed by atoms with van der Waals surface area (Å²) in [6, 6.07) is 12.4. The van der Waals surface area contributed by atoms with Gasteiger partial charge in [0.25, 0.3) is 0 Å². The SMILES string of the molecule is CC1CC1C(=O)N1CCC(Cc2ccccc2-c2cccs2)(C(N)=O)CC1. The molecule has 2 atom stereocenters. The fourth-order valence-corrected chi connectivity index (χ4v) is 5.06. The van der Waals surface area contributed by atoms with Crippen molar-refractivity contribution < 1.29 is 9.59 Å². The van der Waals surface area contributed by atoms with E-state index in [2.05, 4.69) is 30.5 Å². The summed E-state index contributed by atoms with van der Waals surface area (Å²) < 4.78 is 0. The van der Waals surface area contributed by atoms with E-state index in [0.717, 1.165) is 12.0 Å². The molecule has 1 saturated heterocycles. The lowest BCUT2D eigenvalue weighted by Gasteiger charge is -2.40. The van der Waals surface area contributed by atoms with Gasteiger partial charge in [0.15, 0.2) is 0 Å². The average Bonchev–Trinajstić information content (AvgIpc) is 3.17. The van der Waals surface area contributed by atoms with Crippen molar-refractivity contribution in [3.8, 4) is 10.4 Å². The highest BCUT2D eigenvalue weighted by Gasteiger charge is 2.46. The average molecular weight is 383 g/mol. The molecular weight excluding hydrogens is 356 g/mol. The first kappa shape index (κ1) is 18.2. The second kappa shape index (κ2) is 7.12. The molecular formula is C22H26N2O2S. The van der Waals surface area contributed by atoms with Crippen LogP contribution in [0.25, 0.3) is 10.4 Å². The van der Waals surface area contributed by atoms with Gasteiger partial charge >= 0.3 is 0 Å². The van der Waals surface area contributed by atoms with Crippen molar-refractivity contribution in [3.05, 3.63) is 47.3 Å². The zero-order valence-electron chi connectivity index (χ0n) is 15.7. The molecule has 2 heterocycles. The Hall–Kier alpha value is -2.14. The molecule has 1 aromatic heterocycles. The summed E-state index contributed by atoms with van der Waals surface area (Å²) in [7, 11) is 0. The van der Waals surface area contributed by atoms with Crippen molar-refractivity contribution in [2.24, 2.45) is 23.0 Å². The number of carbonyl (C=O) groups is 2. The lowest BCUT2D eigenvalue weighted by molar-refractivity contribution is -0.140. The number of primary amides is 1. The van der Waals surface area contributed by atoms with E-state index in [1.54, 1.807) is 11.3 Å². The second-order valence-corrected chi connectivity index (χ2v) is 9.05. The number of likely N-dealkylation sites (tertiary alicyclic amines) is 1. The number of hydrogen-bond acceptors (Lipinski definition) is 3. The van der Waals surface area contributed by atoms with Crippen LogP contribution in [0.4, 0.5) is 0 Å². The van der Waals surface area contributed by atoms with E-state index < -0.39 is 5.41 Å². The molecule has 1 saturated carbocycles. The maximum atomic E-state index is 12.5. The van der Waals surface area contributed by atoms with Gasteiger partial charge in [-0.05, 0) is 54.2 Å². The Bertz CT molecular complexity index is 838. The van der Waals surface area contributed by atoms with Crippen LogP contribution in [-0.2, 0) is 16.0 Å². The highest BCUT2D eigenvalue weighted by atomic mass is 32.1. The summed E-state index contributed by atoms with van der Waals surface area (Å²) >= 11 is 1.71. The summed E-state index contributed by atoms with van der Waals surface area (Å²) in [5.41, 5.74) is 7.67. The number of hydrogen-bond donors (Lipinski definition) is 1. The molecule has 4 nitrogen and oxygen atoms in total. The smallest absolute Gasteiger partial charge is 0.225 e. The van der Waals surface area contributed by atoms with Crippen molar-refractivity contribution in [1.29, 1.82) is 0 Å². The van der Waals surface area contributed by atoms with Crippen molar-refractivity contribution in [2.75, 3.05) is 13.1 Å². The molecule has 2 aliphatic rings. The van der Waals surface area contributed by atoms with E-state index in [9.17, 15) is 9.59 Å². The second-order valence-electron chi connectivity index (χ2n) is 8.10. The first-order valence-corrected chi connectivity index (χ1v) is 10.6. The van der Waals surface area contributed by atoms with E-state index in [0.29, 0.717) is 38.3 Å². The van der Waals surface area contributed by atoms with Gasteiger partial charge in [0.1, 0.15) is 0 Å². The molecule has 2 amide bonds. The van der Waals surface area contributed by atoms with E-state index in [1.807, 2.05) is 23.1 Å². The topological polar surface area (TPSA) is 63.4 Å². The Morgan fingerprint density at radius 2 is 1.89 bits per heavy atom. The van der Waals surface area contributed by atoms with Gasteiger partial charge in [-0.1, -0.05) is 37.3 Å². The number of nitrogens with two attached hydrogens (primary N) is 1. The van der Waals surface area contributed by atoms with Gasteiger partial charge in [-0.2, -0.15) is 0 Å². The first-order valence-electron chi connectivity index (χ1n) is 9.71. The molecule has 1 aromatic carbocycles. The standard InChI is InChI=1S/C22H26N2O2S/c1-15-13-18(15)20(25)24-10-8-22(9-11-24,21(23)26)14-16-5-2-3-6-17(16)19-7-4-12-27-19/h2-7,12,15,18H,8-11,13-14H2,1H3,(H2,23,26). The molecule has 0 radical (unpaired) electrons. The zero-order valence-corrected chi connectivity index (χ0v) is 16.5. The van der Waals surface area contributed by atoms with Gasteiger partial charge in [-0.25, -0.2) is 0 Å². The maximum absolute atomic E-state index is 12.5. The quantitative estimate of drug-likeness (QED) is 0.857. The number of carbonyl (C=O) groups excluding carboxylic acids is 2. The third-order valence-corrected chi connectivity index (χ3v) is 7.22. The minimum atomic E-state index is -0.570. The van der Waals surface area contributed by atoms with Crippen LogP contribution in [0.5, 0.6) is 0 Å². The Labute approximate surface area is 164 Å². The molecule has 1 aliphatic heterocycles. The van der Waals surface area contributed by atoms with Crippen LogP contribution in [0.15, 0.2) is 41.8 Å². The fourth-order valence-electron chi connectivity index (χ4n) is 4.28. The van der Waals surface area contributed by atoms with Crippen LogP contribution in [0.1, 0.15) is 31.7 Å². The summed E-state index contributed by atoms with van der Waals surface area (Å²) in [5, 5.41) is 2.07. The summed E-state index contributed by atoms with van der Waals surface area (Å²) in [5.74, 6) is 0.735. The molecule has 27 heavy (non-hydrogen) atoms. The number of thiophene rings is 1. The lowest BCUT2D eigenvalue weighted by atomic mass is 9.72. The van der Waals surface area contributed by atoms with Crippen LogP contribution in [0, 0.1) is 17.3 Å². The summed E-state index contributed by atoms with van der Waals surface area (Å²) in [4.78, 5) is 28.2. The van der Waals surface area contributed by atoms with Crippen LogP contribution in [-0.4, -0.2) is 29.8 Å². The third kappa shape index (κ3) is 3.53. The van der Waals surface area contributed by atoms with Crippen molar-refractivity contribution in [2.45, 2.75) is 32.6 Å². The number of benzene rings is 1. The van der Waals surface area contributed by atoms with Crippen LogP contribution in [0.3, 0.4) is 0 Å². The Kier molecular flexibility index (Phi) is 4.81. The predicted octanol–water partition coefficient (Wildman–Crippen LogP) is 3.71. The third-order valence-electron chi connectivity index (χ3n) is 6.31. The van der Waals surface area contributed by atoms with E-state index in [1.165, 1.54) is 10.4 Å². The molecule has 0 spiro atoms. The number of nitrogens with zero attached hydrogens (tertiary/aromatic N) is 1. The van der Waals surface area contributed by atoms with Gasteiger partial charge < -0.3 is 10.6 Å². The Morgan fingerprint density at radius 3 is 2.48 bits per heavy atom. The molecule has 2 fully saturated rings. The first-order chi connectivity index (χ1) is 13.0. The zero-order chi connectivity index (χ0) is 19.0. The molecule has 2 N–H and O–H groups in total. The molecule has 142 valence electrons. The van der Waals surface area contributed by atoms with Crippen molar-refractivity contribution >= 4 is 23.2 Å². The van der Waals surface area contributed by atoms with Gasteiger partial charge in [0.2, 0.25) is 11.8 Å². The van der Waals surface area contributed by atoms with Crippen LogP contribution in [0.2, 0.25) is 0 Å². The molecule has 2 aromatic rings. The summed E-state index contributed by atoms with van der Waals surface area (Å²) in [6.07, 6.45) is 2.94. The van der Waals surface area contributed by atoms with Gasteiger partial charge in [-0.15, -0.1) is 11.3 Å². The summed E-state index contributed by atoms with van der Waals surface area (Å²) in [6.45, 7) is 3.39. The molecule has 1 aliphatic carbocycles. The molecule has 4 rings (SSSR count). The molecule has 5 heteroatoms. The fraction of sp³-hybridized carbons (Fsp3) is 0.455.